The van der Waals surface area contributed by atoms with Crippen LogP contribution in [0.3, 0.4) is 0 Å². The van der Waals surface area contributed by atoms with Gasteiger partial charge >= 0.3 is 0 Å². The number of hydrogen-bond acceptors (Lipinski definition) is 5. The predicted molar refractivity (Wildman–Crippen MR) is 86.5 cm³/mol. The van der Waals surface area contributed by atoms with Gasteiger partial charge in [-0.15, -0.1) is 11.8 Å². The van der Waals surface area contributed by atoms with Crippen molar-refractivity contribution in [3.63, 3.8) is 0 Å². The van der Waals surface area contributed by atoms with Crippen LogP contribution in [-0.2, 0) is 0 Å². The Hall–Kier alpha value is -1.99. The largest absolute Gasteiger partial charge is 0.384 e. The van der Waals surface area contributed by atoms with Crippen molar-refractivity contribution >= 4 is 35.0 Å². The van der Waals surface area contributed by atoms with E-state index in [0.717, 1.165) is 14.7 Å². The SMILES string of the molecule is CSc1cccc(Sc2ccc([N+](=O)[O-])cc2)c1C(=N)N. The van der Waals surface area contributed by atoms with E-state index >= 15 is 0 Å². The van der Waals surface area contributed by atoms with Crippen molar-refractivity contribution in [3.8, 4) is 0 Å². The van der Waals surface area contributed by atoms with Crippen LogP contribution >= 0.6 is 23.5 Å². The van der Waals surface area contributed by atoms with Gasteiger partial charge in [-0.1, -0.05) is 17.8 Å². The second kappa shape index (κ2) is 6.64. The summed E-state index contributed by atoms with van der Waals surface area (Å²) in [5, 5.41) is 18.4. The molecule has 0 fully saturated rings. The Kier molecular flexibility index (Phi) is 4.87. The zero-order chi connectivity index (χ0) is 15.4. The summed E-state index contributed by atoms with van der Waals surface area (Å²) in [7, 11) is 0. The fourth-order valence-electron chi connectivity index (χ4n) is 1.79. The van der Waals surface area contributed by atoms with Gasteiger partial charge in [-0.2, -0.15) is 0 Å². The number of hydrogen-bond donors (Lipinski definition) is 2. The number of nitrogens with zero attached hydrogens (tertiary/aromatic N) is 1. The van der Waals surface area contributed by atoms with Crippen molar-refractivity contribution in [2.75, 3.05) is 6.26 Å². The van der Waals surface area contributed by atoms with Crippen molar-refractivity contribution in [3.05, 3.63) is 58.1 Å². The van der Waals surface area contributed by atoms with Gasteiger partial charge < -0.3 is 5.73 Å². The molecule has 0 radical (unpaired) electrons. The molecule has 0 aliphatic carbocycles. The fraction of sp³-hybridized carbons (Fsp3) is 0.0714. The van der Waals surface area contributed by atoms with E-state index < -0.39 is 4.92 Å². The molecular weight excluding hydrogens is 306 g/mol. The average molecular weight is 319 g/mol. The maximum atomic E-state index is 10.6. The standard InChI is InChI=1S/C14H13N3O2S2/c1-20-11-3-2-4-12(13(11)14(15)16)21-10-7-5-9(6-8-10)17(18)19/h2-8H,1H3,(H3,15,16). The highest BCUT2D eigenvalue weighted by atomic mass is 32.2. The maximum absolute atomic E-state index is 10.6. The van der Waals surface area contributed by atoms with Crippen LogP contribution in [0.5, 0.6) is 0 Å². The smallest absolute Gasteiger partial charge is 0.269 e. The molecular formula is C14H13N3O2S2. The number of nitro groups is 1. The first-order chi connectivity index (χ1) is 10.0. The molecule has 108 valence electrons. The number of nitrogens with two attached hydrogens (primary N) is 1. The number of nitrogens with one attached hydrogen (secondary N) is 1. The summed E-state index contributed by atoms with van der Waals surface area (Å²) in [6, 6.07) is 12.0. The molecule has 0 spiro atoms. The molecule has 2 aromatic rings. The van der Waals surface area contributed by atoms with E-state index in [1.807, 2.05) is 24.5 Å². The van der Waals surface area contributed by atoms with Gasteiger partial charge in [-0.3, -0.25) is 15.5 Å². The molecule has 0 aliphatic heterocycles. The topological polar surface area (TPSA) is 93.0 Å². The van der Waals surface area contributed by atoms with Crippen molar-refractivity contribution in [1.29, 1.82) is 5.41 Å². The molecule has 0 unspecified atom stereocenters. The summed E-state index contributed by atoms with van der Waals surface area (Å²) in [5.74, 6) is 0.0179. The van der Waals surface area contributed by atoms with Crippen molar-refractivity contribution in [2.45, 2.75) is 14.7 Å². The molecule has 3 N–H and O–H groups in total. The summed E-state index contributed by atoms with van der Waals surface area (Å²) in [6.07, 6.45) is 1.93. The minimum Gasteiger partial charge on any atom is -0.384 e. The van der Waals surface area contributed by atoms with Gasteiger partial charge in [0, 0.05) is 32.4 Å². The average Bonchev–Trinajstić information content (AvgIpc) is 2.47. The van der Waals surface area contributed by atoms with Gasteiger partial charge in [0.25, 0.3) is 5.69 Å². The lowest BCUT2D eigenvalue weighted by molar-refractivity contribution is -0.384. The van der Waals surface area contributed by atoms with E-state index in [4.69, 9.17) is 11.1 Å². The fourth-order valence-corrected chi connectivity index (χ4v) is 3.49. The Balaban J connectivity index is 2.35. The van der Waals surface area contributed by atoms with Gasteiger partial charge in [-0.05, 0) is 30.5 Å². The quantitative estimate of drug-likeness (QED) is 0.288. The number of amidine groups is 1. The van der Waals surface area contributed by atoms with Crippen LogP contribution in [0, 0.1) is 15.5 Å². The highest BCUT2D eigenvalue weighted by Crippen LogP contribution is 2.35. The normalized spacial score (nSPS) is 10.3. The van der Waals surface area contributed by atoms with E-state index in [1.54, 1.807) is 12.1 Å². The van der Waals surface area contributed by atoms with Gasteiger partial charge in [0.15, 0.2) is 0 Å². The number of nitro benzene ring substituents is 1. The van der Waals surface area contributed by atoms with Crippen molar-refractivity contribution in [2.24, 2.45) is 5.73 Å². The van der Waals surface area contributed by atoms with Gasteiger partial charge in [0.2, 0.25) is 0 Å². The summed E-state index contributed by atoms with van der Waals surface area (Å²) >= 11 is 2.97. The lowest BCUT2D eigenvalue weighted by Crippen LogP contribution is -2.13. The summed E-state index contributed by atoms with van der Waals surface area (Å²) in [5.41, 5.74) is 6.44. The summed E-state index contributed by atoms with van der Waals surface area (Å²) in [4.78, 5) is 12.9. The minimum atomic E-state index is -0.427. The molecule has 0 heterocycles. The third-order valence-electron chi connectivity index (χ3n) is 2.75. The van der Waals surface area contributed by atoms with Crippen LogP contribution in [-0.4, -0.2) is 17.0 Å². The Bertz CT molecular complexity index is 687. The zero-order valence-electron chi connectivity index (χ0n) is 11.2. The first-order valence-corrected chi connectivity index (χ1v) is 8.00. The Morgan fingerprint density at radius 1 is 1.19 bits per heavy atom. The van der Waals surface area contributed by atoms with Crippen LogP contribution < -0.4 is 5.73 Å². The van der Waals surface area contributed by atoms with Crippen LogP contribution in [0.4, 0.5) is 5.69 Å². The number of nitrogen functional groups attached to an aromatic ring is 1. The predicted octanol–water partition coefficient (Wildman–Crippen LogP) is 3.75. The molecule has 0 atom stereocenters. The monoisotopic (exact) mass is 319 g/mol. The van der Waals surface area contributed by atoms with Crippen LogP contribution in [0.25, 0.3) is 0 Å². The Morgan fingerprint density at radius 2 is 1.81 bits per heavy atom. The molecule has 0 aromatic heterocycles. The molecule has 7 heteroatoms. The van der Waals surface area contributed by atoms with Crippen LogP contribution in [0.15, 0.2) is 57.2 Å². The first kappa shape index (κ1) is 15.4. The van der Waals surface area contributed by atoms with E-state index in [1.165, 1.54) is 35.7 Å². The van der Waals surface area contributed by atoms with Crippen molar-refractivity contribution in [1.82, 2.24) is 0 Å². The minimum absolute atomic E-state index is 0.0179. The van der Waals surface area contributed by atoms with E-state index in [-0.39, 0.29) is 11.5 Å². The summed E-state index contributed by atoms with van der Waals surface area (Å²) < 4.78 is 0. The zero-order valence-corrected chi connectivity index (χ0v) is 12.8. The Labute approximate surface area is 130 Å². The molecule has 0 bridgehead atoms. The number of benzene rings is 2. The molecule has 0 amide bonds. The van der Waals surface area contributed by atoms with E-state index in [0.29, 0.717) is 5.56 Å². The third-order valence-corrected chi connectivity index (χ3v) is 4.60. The van der Waals surface area contributed by atoms with E-state index in [9.17, 15) is 10.1 Å². The second-order valence-electron chi connectivity index (χ2n) is 4.10. The molecule has 5 nitrogen and oxygen atoms in total. The lowest BCUT2D eigenvalue weighted by atomic mass is 10.2. The van der Waals surface area contributed by atoms with Gasteiger partial charge in [0.1, 0.15) is 5.84 Å². The molecule has 0 saturated heterocycles. The summed E-state index contributed by atoms with van der Waals surface area (Å²) in [6.45, 7) is 0. The number of non-ortho nitro benzene ring substituents is 1. The molecule has 2 rings (SSSR count). The van der Waals surface area contributed by atoms with Crippen LogP contribution in [0.1, 0.15) is 5.56 Å². The maximum Gasteiger partial charge on any atom is 0.269 e. The highest BCUT2D eigenvalue weighted by Gasteiger charge is 2.12. The molecule has 0 aliphatic rings. The van der Waals surface area contributed by atoms with Gasteiger partial charge in [-0.25, -0.2) is 0 Å². The number of thioether (sulfide) groups is 1. The molecule has 2 aromatic carbocycles. The van der Waals surface area contributed by atoms with E-state index in [2.05, 4.69) is 0 Å². The molecule has 21 heavy (non-hydrogen) atoms. The second-order valence-corrected chi connectivity index (χ2v) is 6.06. The highest BCUT2D eigenvalue weighted by molar-refractivity contribution is 8.00. The Morgan fingerprint density at radius 3 is 2.33 bits per heavy atom. The third kappa shape index (κ3) is 3.56. The van der Waals surface area contributed by atoms with Crippen molar-refractivity contribution < 1.29 is 4.92 Å². The molecule has 0 saturated carbocycles. The number of rotatable bonds is 5. The van der Waals surface area contributed by atoms with Crippen LogP contribution in [0.2, 0.25) is 0 Å². The first-order valence-electron chi connectivity index (χ1n) is 5.96. The van der Waals surface area contributed by atoms with Gasteiger partial charge in [0.05, 0.1) is 4.92 Å². The lowest BCUT2D eigenvalue weighted by Gasteiger charge is -2.11.